The highest BCUT2D eigenvalue weighted by atomic mass is 79.9. The van der Waals surface area contributed by atoms with Gasteiger partial charge in [-0.1, -0.05) is 6.92 Å². The zero-order valence-corrected chi connectivity index (χ0v) is 14.1. The minimum absolute atomic E-state index is 0.0387. The molecule has 0 aliphatic rings. The second kappa shape index (κ2) is 6.51. The summed E-state index contributed by atoms with van der Waals surface area (Å²) in [7, 11) is 0. The second-order valence-corrected chi connectivity index (χ2v) is 6.01. The van der Waals surface area contributed by atoms with Crippen LogP contribution in [0.1, 0.15) is 25.0 Å². The Hall–Kier alpha value is -0.960. The number of carbonyl (C=O) groups is 1. The van der Waals surface area contributed by atoms with E-state index in [9.17, 15) is 31.1 Å². The number of benzene rings is 1. The molecule has 1 atom stereocenters. The Balaban J connectivity index is 3.65. The van der Waals surface area contributed by atoms with E-state index in [0.29, 0.717) is 12.1 Å². The van der Waals surface area contributed by atoms with Gasteiger partial charge in [-0.15, -0.1) is 0 Å². The summed E-state index contributed by atoms with van der Waals surface area (Å²) < 4.78 is 79.4. The van der Waals surface area contributed by atoms with E-state index in [0.717, 1.165) is 6.92 Å². The molecule has 0 aliphatic heterocycles. The van der Waals surface area contributed by atoms with Crippen molar-refractivity contribution in [1.29, 1.82) is 0 Å². The molecule has 0 saturated carbocycles. The molecule has 130 valence electrons. The van der Waals surface area contributed by atoms with Gasteiger partial charge in [0, 0.05) is 17.0 Å². The van der Waals surface area contributed by atoms with E-state index < -0.39 is 28.7 Å². The van der Waals surface area contributed by atoms with Crippen LogP contribution in [0.2, 0.25) is 0 Å². The summed E-state index contributed by atoms with van der Waals surface area (Å²) in [6, 6.07) is 1.13. The van der Waals surface area contributed by atoms with Crippen molar-refractivity contribution in [3.05, 3.63) is 27.7 Å². The number of hydrogen-bond donors (Lipinski definition) is 1. The third-order valence-electron chi connectivity index (χ3n) is 3.03. The summed E-state index contributed by atoms with van der Waals surface area (Å²) >= 11 is 7.27. The molecule has 0 fully saturated rings. The Bertz CT molecular complexity index is 600. The predicted molar refractivity (Wildman–Crippen MR) is 77.5 cm³/mol. The molecule has 1 amide bonds. The number of alkyl halides is 7. The van der Waals surface area contributed by atoms with Crippen molar-refractivity contribution in [1.82, 2.24) is 0 Å². The van der Waals surface area contributed by atoms with Crippen molar-refractivity contribution < 1.29 is 31.1 Å². The molecular formula is C13H11BrClF6NO. The largest absolute Gasteiger partial charge is 0.434 e. The molecule has 0 heterocycles. The Morgan fingerprint density at radius 2 is 1.74 bits per heavy atom. The monoisotopic (exact) mass is 425 g/mol. The summed E-state index contributed by atoms with van der Waals surface area (Å²) in [5.74, 6) is -0.529. The fourth-order valence-electron chi connectivity index (χ4n) is 1.95. The van der Waals surface area contributed by atoms with Crippen molar-refractivity contribution in [2.45, 2.75) is 37.5 Å². The van der Waals surface area contributed by atoms with E-state index in [1.54, 1.807) is 0 Å². The third kappa shape index (κ3) is 3.76. The standard InChI is InChI=1S/C13H11BrClF6NO/c1-3-7-4-8(5-9(14)10(7)22-6(2)23)11(16,12(15,17)18)13(19,20)21/h4-5H,3H2,1-2H3,(H,22,23). The fraction of sp³-hybridized carbons (Fsp3) is 0.462. The summed E-state index contributed by atoms with van der Waals surface area (Å²) in [5, 5.41) is -2.88. The molecular weight excluding hydrogens is 415 g/mol. The second-order valence-electron chi connectivity index (χ2n) is 4.68. The number of nitrogens with one attached hydrogen (secondary N) is 1. The molecule has 0 radical (unpaired) electrons. The molecule has 0 aromatic heterocycles. The maximum Gasteiger partial charge on any atom is 0.434 e. The van der Waals surface area contributed by atoms with Crippen LogP contribution in [0.4, 0.5) is 32.0 Å². The molecule has 0 bridgehead atoms. The number of anilines is 1. The number of halogens is 8. The lowest BCUT2D eigenvalue weighted by molar-refractivity contribution is -0.286. The maximum absolute atomic E-state index is 14.3. The number of rotatable bonds is 4. The quantitative estimate of drug-likeness (QED) is 0.498. The Labute approximate surface area is 141 Å². The fourth-order valence-corrected chi connectivity index (χ4v) is 2.76. The minimum Gasteiger partial charge on any atom is -0.325 e. The van der Waals surface area contributed by atoms with Gasteiger partial charge in [-0.25, -0.2) is 4.39 Å². The van der Waals surface area contributed by atoms with E-state index in [1.165, 1.54) is 6.92 Å². The van der Waals surface area contributed by atoms with Crippen LogP contribution in [0.15, 0.2) is 16.6 Å². The lowest BCUT2D eigenvalue weighted by atomic mass is 9.92. The molecule has 1 N–H and O–H groups in total. The average Bonchev–Trinajstić information content (AvgIpc) is 2.36. The van der Waals surface area contributed by atoms with Crippen LogP contribution in [0.25, 0.3) is 0 Å². The number of hydrogen-bond acceptors (Lipinski definition) is 1. The lowest BCUT2D eigenvalue weighted by Crippen LogP contribution is -2.49. The van der Waals surface area contributed by atoms with Crippen LogP contribution in [0, 0.1) is 0 Å². The molecule has 0 aliphatic carbocycles. The molecule has 2 nitrogen and oxygen atoms in total. The molecule has 1 aromatic carbocycles. The molecule has 1 rings (SSSR count). The first-order valence-electron chi connectivity index (χ1n) is 6.18. The number of carbonyl (C=O) groups excluding carboxylic acids is 1. The first kappa shape index (κ1) is 20.1. The maximum atomic E-state index is 14.3. The van der Waals surface area contributed by atoms with Gasteiger partial charge in [-0.05, 0) is 51.6 Å². The van der Waals surface area contributed by atoms with Crippen LogP contribution >= 0.6 is 27.5 Å². The average molecular weight is 427 g/mol. The van der Waals surface area contributed by atoms with Crippen molar-refractivity contribution in [3.8, 4) is 0 Å². The summed E-state index contributed by atoms with van der Waals surface area (Å²) in [5.41, 5.74) is -6.33. The van der Waals surface area contributed by atoms with Crippen LogP contribution in [-0.4, -0.2) is 17.5 Å². The van der Waals surface area contributed by atoms with Gasteiger partial charge in [0.15, 0.2) is 0 Å². The molecule has 1 unspecified atom stereocenters. The Kier molecular flexibility index (Phi) is 5.68. The summed E-state index contributed by atoms with van der Waals surface area (Å²) in [6.45, 7) is 2.66. The summed E-state index contributed by atoms with van der Waals surface area (Å²) in [6.07, 6.45) is -5.89. The van der Waals surface area contributed by atoms with E-state index in [4.69, 9.17) is 0 Å². The first-order valence-corrected chi connectivity index (χ1v) is 7.35. The van der Waals surface area contributed by atoms with Gasteiger partial charge in [0.25, 0.3) is 0 Å². The first-order chi connectivity index (χ1) is 10.3. The van der Waals surface area contributed by atoms with Crippen molar-refractivity contribution >= 4 is 39.1 Å². The van der Waals surface area contributed by atoms with Crippen molar-refractivity contribution in [3.63, 3.8) is 0 Å². The highest BCUT2D eigenvalue weighted by Crippen LogP contribution is 2.55. The SMILES string of the molecule is CCc1cc(C(F)(C(F)(F)F)C(F)(F)Cl)cc(Br)c1NC(C)=O. The van der Waals surface area contributed by atoms with Crippen molar-refractivity contribution in [2.75, 3.05) is 5.32 Å². The molecule has 0 spiro atoms. The van der Waals surface area contributed by atoms with E-state index in [2.05, 4.69) is 32.8 Å². The van der Waals surface area contributed by atoms with Gasteiger partial charge in [0.1, 0.15) is 0 Å². The van der Waals surface area contributed by atoms with Gasteiger partial charge in [0.05, 0.1) is 5.69 Å². The number of amides is 1. The summed E-state index contributed by atoms with van der Waals surface area (Å²) in [4.78, 5) is 11.1. The van der Waals surface area contributed by atoms with Gasteiger partial charge in [-0.3, -0.25) is 4.79 Å². The van der Waals surface area contributed by atoms with Crippen LogP contribution in [0.3, 0.4) is 0 Å². The van der Waals surface area contributed by atoms with E-state index in [1.807, 2.05) is 0 Å². The van der Waals surface area contributed by atoms with Crippen LogP contribution in [0.5, 0.6) is 0 Å². The zero-order valence-electron chi connectivity index (χ0n) is 11.8. The lowest BCUT2D eigenvalue weighted by Gasteiger charge is -2.32. The Morgan fingerprint density at radius 3 is 2.09 bits per heavy atom. The van der Waals surface area contributed by atoms with Crippen LogP contribution < -0.4 is 5.32 Å². The molecule has 10 heteroatoms. The number of aryl methyl sites for hydroxylation is 1. The van der Waals surface area contributed by atoms with Crippen LogP contribution in [-0.2, 0) is 16.9 Å². The Morgan fingerprint density at radius 1 is 1.22 bits per heavy atom. The van der Waals surface area contributed by atoms with E-state index >= 15 is 0 Å². The topological polar surface area (TPSA) is 29.1 Å². The van der Waals surface area contributed by atoms with E-state index in [-0.39, 0.29) is 22.1 Å². The third-order valence-corrected chi connectivity index (χ3v) is 3.92. The van der Waals surface area contributed by atoms with Crippen molar-refractivity contribution in [2.24, 2.45) is 0 Å². The highest BCUT2D eigenvalue weighted by molar-refractivity contribution is 9.10. The highest BCUT2D eigenvalue weighted by Gasteiger charge is 2.71. The molecule has 1 aromatic rings. The normalized spacial score (nSPS) is 15.2. The minimum atomic E-state index is -5.95. The molecule has 23 heavy (non-hydrogen) atoms. The van der Waals surface area contributed by atoms with Gasteiger partial charge in [0.2, 0.25) is 5.91 Å². The molecule has 0 saturated heterocycles. The predicted octanol–water partition coefficient (Wildman–Crippen LogP) is 5.53. The van der Waals surface area contributed by atoms with Gasteiger partial charge in [-0.2, -0.15) is 22.0 Å². The smallest absolute Gasteiger partial charge is 0.325 e. The van der Waals surface area contributed by atoms with Gasteiger partial charge < -0.3 is 5.32 Å². The zero-order chi connectivity index (χ0) is 18.2. The van der Waals surface area contributed by atoms with Gasteiger partial charge >= 0.3 is 17.2 Å².